The molecule has 1 saturated carbocycles. The summed E-state index contributed by atoms with van der Waals surface area (Å²) in [6.45, 7) is 3.81. The molecule has 110 valence electrons. The minimum atomic E-state index is -1.11. The summed E-state index contributed by atoms with van der Waals surface area (Å²) >= 11 is 0. The maximum Gasteiger partial charge on any atom is 0.223 e. The third-order valence-corrected chi connectivity index (χ3v) is 4.30. The number of benzene rings is 1. The van der Waals surface area contributed by atoms with Gasteiger partial charge in [-0.1, -0.05) is 49.6 Å². The molecule has 0 radical (unpaired) electrons. The van der Waals surface area contributed by atoms with E-state index < -0.39 is 5.60 Å². The lowest BCUT2D eigenvalue weighted by Gasteiger charge is -2.35. The third kappa shape index (κ3) is 3.83. The van der Waals surface area contributed by atoms with E-state index in [1.807, 2.05) is 30.3 Å². The van der Waals surface area contributed by atoms with E-state index in [1.54, 1.807) is 6.92 Å². The van der Waals surface area contributed by atoms with Gasteiger partial charge in [0.05, 0.1) is 12.0 Å². The van der Waals surface area contributed by atoms with Crippen LogP contribution in [0.2, 0.25) is 0 Å². The van der Waals surface area contributed by atoms with Crippen LogP contribution in [0.25, 0.3) is 0 Å². The number of nitrogens with one attached hydrogen (secondary N) is 1. The Morgan fingerprint density at radius 2 is 1.85 bits per heavy atom. The second-order valence-corrected chi connectivity index (χ2v) is 6.49. The molecule has 0 spiro atoms. The number of hydrogen-bond donors (Lipinski definition) is 2. The fourth-order valence-corrected chi connectivity index (χ4v) is 3.05. The summed E-state index contributed by atoms with van der Waals surface area (Å²) in [6.07, 6.45) is 5.77. The van der Waals surface area contributed by atoms with Crippen LogP contribution in [0.3, 0.4) is 0 Å². The van der Waals surface area contributed by atoms with Gasteiger partial charge in [0.1, 0.15) is 0 Å². The van der Waals surface area contributed by atoms with Crippen LogP contribution in [0, 0.1) is 0 Å². The van der Waals surface area contributed by atoms with Crippen molar-refractivity contribution < 1.29 is 9.90 Å². The molecule has 0 heterocycles. The number of hydrogen-bond acceptors (Lipinski definition) is 2. The first-order valence-electron chi connectivity index (χ1n) is 7.50. The minimum absolute atomic E-state index is 0.0664. The van der Waals surface area contributed by atoms with E-state index in [0.717, 1.165) is 18.4 Å². The van der Waals surface area contributed by atoms with Gasteiger partial charge >= 0.3 is 0 Å². The highest BCUT2D eigenvalue weighted by Gasteiger charge is 2.32. The van der Waals surface area contributed by atoms with Crippen LogP contribution < -0.4 is 5.32 Å². The van der Waals surface area contributed by atoms with Crippen molar-refractivity contribution in [3.05, 3.63) is 35.9 Å². The molecule has 20 heavy (non-hydrogen) atoms. The fourth-order valence-electron chi connectivity index (χ4n) is 3.05. The molecule has 3 nitrogen and oxygen atoms in total. The number of rotatable bonds is 4. The van der Waals surface area contributed by atoms with Crippen molar-refractivity contribution in [3.8, 4) is 0 Å². The lowest BCUT2D eigenvalue weighted by atomic mass is 9.83. The van der Waals surface area contributed by atoms with Crippen LogP contribution in [-0.2, 0) is 10.4 Å². The van der Waals surface area contributed by atoms with Crippen molar-refractivity contribution in [2.45, 2.75) is 63.5 Å². The van der Waals surface area contributed by atoms with Gasteiger partial charge < -0.3 is 10.4 Å². The average Bonchev–Trinajstić information content (AvgIpc) is 2.39. The first-order chi connectivity index (χ1) is 9.41. The van der Waals surface area contributed by atoms with Gasteiger partial charge in [-0.15, -0.1) is 0 Å². The summed E-state index contributed by atoms with van der Waals surface area (Å²) in [5.74, 6) is -0.0664. The molecule has 1 aromatic rings. The topological polar surface area (TPSA) is 49.3 Å². The Morgan fingerprint density at radius 1 is 1.25 bits per heavy atom. The van der Waals surface area contributed by atoms with Crippen molar-refractivity contribution in [1.29, 1.82) is 0 Å². The van der Waals surface area contributed by atoms with E-state index in [0.29, 0.717) is 0 Å². The molecule has 1 amide bonds. The molecule has 1 atom stereocenters. The Labute approximate surface area is 121 Å². The van der Waals surface area contributed by atoms with Gasteiger partial charge in [-0.2, -0.15) is 0 Å². The Hall–Kier alpha value is -1.35. The van der Waals surface area contributed by atoms with Gasteiger partial charge in [0.25, 0.3) is 0 Å². The Bertz CT molecular complexity index is 447. The van der Waals surface area contributed by atoms with Crippen molar-refractivity contribution >= 4 is 5.91 Å². The van der Waals surface area contributed by atoms with E-state index in [9.17, 15) is 9.90 Å². The molecule has 2 N–H and O–H groups in total. The highest BCUT2D eigenvalue weighted by molar-refractivity contribution is 5.78. The summed E-state index contributed by atoms with van der Waals surface area (Å²) in [5.41, 5.74) is -0.428. The van der Waals surface area contributed by atoms with E-state index in [1.165, 1.54) is 19.3 Å². The van der Waals surface area contributed by atoms with E-state index in [2.05, 4.69) is 12.2 Å². The first kappa shape index (κ1) is 15.0. The Morgan fingerprint density at radius 3 is 2.45 bits per heavy atom. The lowest BCUT2D eigenvalue weighted by Crippen LogP contribution is -2.48. The van der Waals surface area contributed by atoms with Gasteiger partial charge in [0.2, 0.25) is 5.91 Å². The first-order valence-corrected chi connectivity index (χ1v) is 7.50. The highest BCUT2D eigenvalue weighted by atomic mass is 16.3. The molecule has 1 fully saturated rings. The standard InChI is InChI=1S/C17H25NO2/c1-16(11-7-4-8-12-16)18-15(19)13-17(2,20)14-9-5-3-6-10-14/h3,5-6,9-10,20H,4,7-8,11-13H2,1-2H3,(H,18,19). The fraction of sp³-hybridized carbons (Fsp3) is 0.588. The zero-order valence-electron chi connectivity index (χ0n) is 12.5. The molecular formula is C17H25NO2. The van der Waals surface area contributed by atoms with Crippen LogP contribution in [-0.4, -0.2) is 16.6 Å². The summed E-state index contributed by atoms with van der Waals surface area (Å²) in [7, 11) is 0. The molecule has 0 saturated heterocycles. The molecule has 3 heteroatoms. The molecule has 1 aromatic carbocycles. The van der Waals surface area contributed by atoms with Crippen LogP contribution in [0.1, 0.15) is 57.9 Å². The van der Waals surface area contributed by atoms with Crippen LogP contribution in [0.4, 0.5) is 0 Å². The predicted octanol–water partition coefficient (Wildman–Crippen LogP) is 3.12. The predicted molar refractivity (Wildman–Crippen MR) is 80.3 cm³/mol. The molecule has 1 unspecified atom stereocenters. The zero-order valence-corrected chi connectivity index (χ0v) is 12.5. The largest absolute Gasteiger partial charge is 0.385 e. The van der Waals surface area contributed by atoms with E-state index in [4.69, 9.17) is 0 Å². The summed E-state index contributed by atoms with van der Waals surface area (Å²) in [4.78, 5) is 12.2. The van der Waals surface area contributed by atoms with Crippen molar-refractivity contribution in [2.24, 2.45) is 0 Å². The van der Waals surface area contributed by atoms with Crippen LogP contribution in [0.5, 0.6) is 0 Å². The Kier molecular flexibility index (Phi) is 4.48. The zero-order chi connectivity index (χ0) is 14.6. The van der Waals surface area contributed by atoms with E-state index >= 15 is 0 Å². The molecule has 0 aliphatic heterocycles. The van der Waals surface area contributed by atoms with Gasteiger partial charge in [0, 0.05) is 5.54 Å². The van der Waals surface area contributed by atoms with Crippen molar-refractivity contribution in [3.63, 3.8) is 0 Å². The smallest absolute Gasteiger partial charge is 0.223 e. The molecule has 2 rings (SSSR count). The van der Waals surface area contributed by atoms with E-state index in [-0.39, 0.29) is 17.9 Å². The third-order valence-electron chi connectivity index (χ3n) is 4.30. The minimum Gasteiger partial charge on any atom is -0.385 e. The number of aliphatic hydroxyl groups is 1. The summed E-state index contributed by atoms with van der Waals surface area (Å²) < 4.78 is 0. The molecule has 1 aliphatic rings. The quantitative estimate of drug-likeness (QED) is 0.887. The molecular weight excluding hydrogens is 250 g/mol. The maximum atomic E-state index is 12.2. The maximum absolute atomic E-state index is 12.2. The Balaban J connectivity index is 1.97. The second-order valence-electron chi connectivity index (χ2n) is 6.49. The van der Waals surface area contributed by atoms with Gasteiger partial charge in [-0.3, -0.25) is 4.79 Å². The van der Waals surface area contributed by atoms with Gasteiger partial charge in [-0.05, 0) is 32.3 Å². The summed E-state index contributed by atoms with van der Waals surface area (Å²) in [6, 6.07) is 9.38. The number of carbonyl (C=O) groups excluding carboxylic acids is 1. The highest BCUT2D eigenvalue weighted by Crippen LogP contribution is 2.29. The normalized spacial score (nSPS) is 20.9. The summed E-state index contributed by atoms with van der Waals surface area (Å²) in [5, 5.41) is 13.6. The van der Waals surface area contributed by atoms with Crippen LogP contribution in [0.15, 0.2) is 30.3 Å². The molecule has 0 aromatic heterocycles. The van der Waals surface area contributed by atoms with Gasteiger partial charge in [0.15, 0.2) is 0 Å². The number of amides is 1. The molecule has 1 aliphatic carbocycles. The lowest BCUT2D eigenvalue weighted by molar-refractivity contribution is -0.128. The van der Waals surface area contributed by atoms with Crippen molar-refractivity contribution in [1.82, 2.24) is 5.32 Å². The van der Waals surface area contributed by atoms with Gasteiger partial charge in [-0.25, -0.2) is 0 Å². The SMILES string of the molecule is CC1(NC(=O)CC(C)(O)c2ccccc2)CCCCC1. The number of carbonyl (C=O) groups is 1. The van der Waals surface area contributed by atoms with Crippen molar-refractivity contribution in [2.75, 3.05) is 0 Å². The molecule has 0 bridgehead atoms. The average molecular weight is 275 g/mol. The monoisotopic (exact) mass is 275 g/mol. The van der Waals surface area contributed by atoms with Crippen LogP contribution >= 0.6 is 0 Å². The second kappa shape index (κ2) is 5.96.